The van der Waals surface area contributed by atoms with E-state index in [4.69, 9.17) is 0 Å². The van der Waals surface area contributed by atoms with E-state index in [1.54, 1.807) is 6.07 Å². The summed E-state index contributed by atoms with van der Waals surface area (Å²) in [6.45, 7) is 3.96. The molecule has 0 amide bonds. The van der Waals surface area contributed by atoms with Crippen molar-refractivity contribution in [1.82, 2.24) is 9.47 Å². The van der Waals surface area contributed by atoms with Crippen molar-refractivity contribution in [3.05, 3.63) is 41.6 Å². The van der Waals surface area contributed by atoms with Crippen LogP contribution in [0.3, 0.4) is 0 Å². The van der Waals surface area contributed by atoms with Crippen molar-refractivity contribution in [3.8, 4) is 0 Å². The average molecular weight is 274 g/mol. The highest BCUT2D eigenvalue weighted by atomic mass is 19.2. The van der Waals surface area contributed by atoms with Gasteiger partial charge >= 0.3 is 0 Å². The first-order chi connectivity index (χ1) is 9.56. The summed E-state index contributed by atoms with van der Waals surface area (Å²) in [6.07, 6.45) is 4.08. The number of rotatable bonds is 0. The maximum atomic E-state index is 13.9. The van der Waals surface area contributed by atoms with Crippen LogP contribution in [0, 0.1) is 17.6 Å². The molecule has 2 nitrogen and oxygen atoms in total. The van der Waals surface area contributed by atoms with Crippen LogP contribution in [0.15, 0.2) is 24.4 Å². The summed E-state index contributed by atoms with van der Waals surface area (Å²) >= 11 is 0. The van der Waals surface area contributed by atoms with Gasteiger partial charge in [0.25, 0.3) is 0 Å². The monoisotopic (exact) mass is 274 g/mol. The van der Waals surface area contributed by atoms with Crippen LogP contribution in [0.2, 0.25) is 0 Å². The number of hydrogen-bond acceptors (Lipinski definition) is 1. The lowest BCUT2D eigenvalue weighted by Crippen LogP contribution is -2.43. The molecule has 4 heteroatoms. The summed E-state index contributed by atoms with van der Waals surface area (Å²) in [4.78, 5) is 2.30. The molecule has 1 aromatic heterocycles. The van der Waals surface area contributed by atoms with Crippen LogP contribution < -0.4 is 0 Å². The van der Waals surface area contributed by atoms with Crippen molar-refractivity contribution >= 4 is 16.5 Å². The number of fused-ring (bicyclic) bond motifs is 2. The number of hydrogen-bond donors (Lipinski definition) is 0. The third-order valence-corrected chi connectivity index (χ3v) is 4.55. The summed E-state index contributed by atoms with van der Waals surface area (Å²) in [7, 11) is 2.10. The van der Waals surface area contributed by atoms with Gasteiger partial charge in [0, 0.05) is 30.2 Å². The van der Waals surface area contributed by atoms with Crippen LogP contribution in [-0.4, -0.2) is 29.1 Å². The molecule has 0 saturated carbocycles. The Morgan fingerprint density at radius 2 is 2.05 bits per heavy atom. The number of halogens is 2. The van der Waals surface area contributed by atoms with Gasteiger partial charge in [-0.05, 0) is 30.7 Å². The second-order valence-electron chi connectivity index (χ2n) is 6.00. The number of benzene rings is 1. The third kappa shape index (κ3) is 1.45. The molecule has 3 heterocycles. The molecule has 0 bridgehead atoms. The van der Waals surface area contributed by atoms with E-state index < -0.39 is 11.6 Å². The minimum Gasteiger partial charge on any atom is -0.345 e. The normalized spacial score (nSPS) is 25.7. The smallest absolute Gasteiger partial charge is 0.168 e. The molecule has 2 atom stereocenters. The fourth-order valence-electron chi connectivity index (χ4n) is 3.69. The van der Waals surface area contributed by atoms with Crippen LogP contribution >= 0.6 is 0 Å². The van der Waals surface area contributed by atoms with Crippen LogP contribution in [0.25, 0.3) is 16.5 Å². The molecule has 0 N–H and O–H groups in total. The van der Waals surface area contributed by atoms with E-state index in [1.807, 2.05) is 10.8 Å². The molecule has 2 aliphatic heterocycles. The van der Waals surface area contributed by atoms with Gasteiger partial charge in [-0.1, -0.05) is 13.0 Å². The second kappa shape index (κ2) is 3.92. The van der Waals surface area contributed by atoms with Crippen LogP contribution in [0.1, 0.15) is 12.5 Å². The molecule has 1 aromatic carbocycles. The largest absolute Gasteiger partial charge is 0.345 e. The van der Waals surface area contributed by atoms with Gasteiger partial charge in [-0.3, -0.25) is 4.90 Å². The number of nitrogens with zero attached hydrogens (tertiary/aromatic N) is 2. The predicted molar refractivity (Wildman–Crippen MR) is 75.4 cm³/mol. The maximum absolute atomic E-state index is 13.9. The Balaban J connectivity index is 2.06. The first-order valence-electron chi connectivity index (χ1n) is 6.95. The van der Waals surface area contributed by atoms with E-state index in [2.05, 4.69) is 24.9 Å². The van der Waals surface area contributed by atoms with Crippen molar-refractivity contribution in [2.75, 3.05) is 13.6 Å². The Kier molecular flexibility index (Phi) is 2.37. The molecular weight excluding hydrogens is 258 g/mol. The van der Waals surface area contributed by atoms with E-state index >= 15 is 0 Å². The SMILES string of the molecule is C[C@@H]1C=C2c3cc(F)c(F)c4ccn(c34)CC2N(C)C1. The van der Waals surface area contributed by atoms with Gasteiger partial charge in [-0.15, -0.1) is 0 Å². The molecule has 2 aromatic rings. The van der Waals surface area contributed by atoms with Gasteiger partial charge in [0.1, 0.15) is 0 Å². The van der Waals surface area contributed by atoms with E-state index in [9.17, 15) is 8.78 Å². The van der Waals surface area contributed by atoms with Crippen molar-refractivity contribution < 1.29 is 8.78 Å². The lowest BCUT2D eigenvalue weighted by molar-refractivity contribution is 0.234. The highest BCUT2D eigenvalue weighted by Gasteiger charge is 2.33. The molecule has 0 aliphatic carbocycles. The minimum absolute atomic E-state index is 0.249. The van der Waals surface area contributed by atoms with Gasteiger partial charge in [-0.2, -0.15) is 0 Å². The summed E-state index contributed by atoms with van der Waals surface area (Å²) in [5, 5.41) is 0.389. The van der Waals surface area contributed by atoms with E-state index in [1.165, 1.54) is 6.07 Å². The lowest BCUT2D eigenvalue weighted by Gasteiger charge is -2.39. The number of aromatic nitrogens is 1. The zero-order valence-electron chi connectivity index (χ0n) is 11.5. The zero-order valence-corrected chi connectivity index (χ0v) is 11.5. The van der Waals surface area contributed by atoms with Gasteiger partial charge in [0.15, 0.2) is 11.6 Å². The number of likely N-dealkylation sites (N-methyl/N-ethyl adjacent to an activating group) is 1. The molecular formula is C16H16F2N2. The van der Waals surface area contributed by atoms with Gasteiger partial charge in [0.05, 0.1) is 11.6 Å². The quantitative estimate of drug-likeness (QED) is 0.716. The van der Waals surface area contributed by atoms with E-state index in [-0.39, 0.29) is 6.04 Å². The van der Waals surface area contributed by atoms with Crippen molar-refractivity contribution in [1.29, 1.82) is 0 Å². The van der Waals surface area contributed by atoms with E-state index in [0.29, 0.717) is 11.3 Å². The predicted octanol–water partition coefficient (Wildman–Crippen LogP) is 3.27. The molecule has 0 radical (unpaired) electrons. The van der Waals surface area contributed by atoms with Crippen molar-refractivity contribution in [2.24, 2.45) is 5.92 Å². The van der Waals surface area contributed by atoms with Gasteiger partial charge in [0.2, 0.25) is 0 Å². The maximum Gasteiger partial charge on any atom is 0.168 e. The first-order valence-corrected chi connectivity index (χ1v) is 6.95. The summed E-state index contributed by atoms with van der Waals surface area (Å²) < 4.78 is 29.8. The molecule has 0 fully saturated rings. The third-order valence-electron chi connectivity index (χ3n) is 4.55. The molecule has 0 spiro atoms. The Morgan fingerprint density at radius 1 is 1.25 bits per heavy atom. The Bertz CT molecular complexity index is 745. The minimum atomic E-state index is -0.757. The summed E-state index contributed by atoms with van der Waals surface area (Å²) in [6, 6.07) is 3.29. The molecule has 4 rings (SSSR count). The standard InChI is InChI=1S/C16H16F2N2/c1-9-5-11-12-6-13(17)15(18)10-3-4-20(16(10)12)8-14(11)19(2)7-9/h3-6,9,14H,7-8H2,1-2H3/t9-,14?/m1/s1. The molecule has 0 saturated heterocycles. The van der Waals surface area contributed by atoms with Crippen molar-refractivity contribution in [3.63, 3.8) is 0 Å². The summed E-state index contributed by atoms with van der Waals surface area (Å²) in [5.41, 5.74) is 2.81. The summed E-state index contributed by atoms with van der Waals surface area (Å²) in [5.74, 6) is -1.07. The average Bonchev–Trinajstić information content (AvgIpc) is 2.81. The molecule has 20 heavy (non-hydrogen) atoms. The lowest BCUT2D eigenvalue weighted by atomic mass is 9.86. The van der Waals surface area contributed by atoms with Crippen LogP contribution in [-0.2, 0) is 6.54 Å². The zero-order chi connectivity index (χ0) is 14.0. The fourth-order valence-corrected chi connectivity index (χ4v) is 3.69. The topological polar surface area (TPSA) is 8.17 Å². The Hall–Kier alpha value is -1.68. The Labute approximate surface area is 116 Å². The fraction of sp³-hybridized carbons (Fsp3) is 0.375. The first kappa shape index (κ1) is 12.1. The highest BCUT2D eigenvalue weighted by Crippen LogP contribution is 2.39. The van der Waals surface area contributed by atoms with Crippen LogP contribution in [0.5, 0.6) is 0 Å². The molecule has 2 aliphatic rings. The van der Waals surface area contributed by atoms with Gasteiger partial charge < -0.3 is 4.57 Å². The van der Waals surface area contributed by atoms with Gasteiger partial charge in [-0.25, -0.2) is 8.78 Å². The van der Waals surface area contributed by atoms with Crippen molar-refractivity contribution in [2.45, 2.75) is 19.5 Å². The second-order valence-corrected chi connectivity index (χ2v) is 6.00. The van der Waals surface area contributed by atoms with E-state index in [0.717, 1.165) is 29.7 Å². The highest BCUT2D eigenvalue weighted by molar-refractivity contribution is 5.95. The Morgan fingerprint density at radius 3 is 2.85 bits per heavy atom. The molecule has 1 unspecified atom stereocenters. The molecule has 104 valence electrons. The van der Waals surface area contributed by atoms with Crippen LogP contribution in [0.4, 0.5) is 8.78 Å².